The molecule has 3 rings (SSSR count). The third-order valence-electron chi connectivity index (χ3n) is 3.95. The van der Waals surface area contributed by atoms with Crippen molar-refractivity contribution in [3.63, 3.8) is 0 Å². The van der Waals surface area contributed by atoms with Gasteiger partial charge in [-0.05, 0) is 42.7 Å². The van der Waals surface area contributed by atoms with E-state index in [-0.39, 0.29) is 12.1 Å². The molecule has 0 aliphatic carbocycles. The molecule has 1 heterocycles. The minimum Gasteiger partial charge on any atom is -0.481 e. The Bertz CT molecular complexity index is 990. The first-order valence-electron chi connectivity index (χ1n) is 7.97. The zero-order valence-electron chi connectivity index (χ0n) is 14.0. The normalized spacial score (nSPS) is 11.7. The fourth-order valence-electron chi connectivity index (χ4n) is 2.61. The average Bonchev–Trinajstić information content (AvgIpc) is 3.03. The summed E-state index contributed by atoms with van der Waals surface area (Å²) in [5, 5.41) is 20.9. The SMILES string of the molecule is Cc1ccc(/C=C(/CCC(=O)O)c2nc3ccccc3s2)cc1[N+](=O)[O-]. The number of para-hydroxylation sites is 1. The van der Waals surface area contributed by atoms with Gasteiger partial charge in [0.05, 0.1) is 15.1 Å². The number of benzene rings is 2. The Morgan fingerprint density at radius 1 is 1.27 bits per heavy atom. The van der Waals surface area contributed by atoms with Crippen molar-refractivity contribution in [1.82, 2.24) is 4.98 Å². The number of rotatable bonds is 6. The highest BCUT2D eigenvalue weighted by Crippen LogP contribution is 2.31. The molecule has 6 nitrogen and oxygen atoms in total. The van der Waals surface area contributed by atoms with Gasteiger partial charge >= 0.3 is 5.97 Å². The Balaban J connectivity index is 2.05. The van der Waals surface area contributed by atoms with E-state index in [2.05, 4.69) is 4.98 Å². The molecule has 0 saturated heterocycles. The van der Waals surface area contributed by atoms with E-state index >= 15 is 0 Å². The number of nitro groups is 1. The molecule has 0 saturated carbocycles. The standard InChI is InChI=1S/C19H16N2O4S/c1-12-6-7-13(11-16(12)21(24)25)10-14(8-9-18(22)23)19-20-15-4-2-3-5-17(15)26-19/h2-7,10-11H,8-9H2,1H3,(H,22,23)/b14-10-. The summed E-state index contributed by atoms with van der Waals surface area (Å²) < 4.78 is 1.01. The van der Waals surface area contributed by atoms with Crippen LogP contribution < -0.4 is 0 Å². The van der Waals surface area contributed by atoms with Crippen molar-refractivity contribution >= 4 is 44.9 Å². The van der Waals surface area contributed by atoms with Gasteiger partial charge in [0.2, 0.25) is 0 Å². The van der Waals surface area contributed by atoms with Crippen LogP contribution >= 0.6 is 11.3 Å². The number of aliphatic carboxylic acids is 1. The van der Waals surface area contributed by atoms with Crippen LogP contribution in [0, 0.1) is 17.0 Å². The largest absolute Gasteiger partial charge is 0.481 e. The molecule has 132 valence electrons. The van der Waals surface area contributed by atoms with Crippen LogP contribution in [0.5, 0.6) is 0 Å². The molecule has 1 aromatic heterocycles. The summed E-state index contributed by atoms with van der Waals surface area (Å²) in [6, 6.07) is 12.7. The number of aryl methyl sites for hydroxylation is 1. The Labute approximate surface area is 153 Å². The topological polar surface area (TPSA) is 93.3 Å². The number of carboxylic acid groups (broad SMARTS) is 1. The van der Waals surface area contributed by atoms with Crippen LogP contribution in [0.1, 0.15) is 29.0 Å². The number of thiazole rings is 1. The lowest BCUT2D eigenvalue weighted by Gasteiger charge is -2.04. The first-order chi connectivity index (χ1) is 12.4. The first kappa shape index (κ1) is 17.8. The number of hydrogen-bond donors (Lipinski definition) is 1. The van der Waals surface area contributed by atoms with Crippen molar-refractivity contribution in [2.45, 2.75) is 19.8 Å². The molecule has 0 aliphatic heterocycles. The molecule has 2 aromatic carbocycles. The van der Waals surface area contributed by atoms with Crippen LogP contribution in [-0.2, 0) is 4.79 Å². The molecule has 0 aliphatic rings. The molecule has 7 heteroatoms. The van der Waals surface area contributed by atoms with E-state index in [1.165, 1.54) is 17.4 Å². The lowest BCUT2D eigenvalue weighted by Crippen LogP contribution is -1.96. The van der Waals surface area contributed by atoms with Crippen LogP contribution in [0.15, 0.2) is 42.5 Å². The average molecular weight is 368 g/mol. The van der Waals surface area contributed by atoms with Crippen molar-refractivity contribution in [2.75, 3.05) is 0 Å². The van der Waals surface area contributed by atoms with Crippen LogP contribution in [0.3, 0.4) is 0 Å². The highest BCUT2D eigenvalue weighted by atomic mass is 32.1. The van der Waals surface area contributed by atoms with Crippen molar-refractivity contribution in [3.05, 3.63) is 68.7 Å². The molecule has 0 fully saturated rings. The summed E-state index contributed by atoms with van der Waals surface area (Å²) in [7, 11) is 0. The number of fused-ring (bicyclic) bond motifs is 1. The molecule has 26 heavy (non-hydrogen) atoms. The number of nitro benzene ring substituents is 1. The third kappa shape index (κ3) is 3.94. The van der Waals surface area contributed by atoms with Gasteiger partial charge in [-0.25, -0.2) is 4.98 Å². The fraction of sp³-hybridized carbons (Fsp3) is 0.158. The maximum absolute atomic E-state index is 11.2. The van der Waals surface area contributed by atoms with Crippen molar-refractivity contribution in [2.24, 2.45) is 0 Å². The van der Waals surface area contributed by atoms with Crippen LogP contribution in [-0.4, -0.2) is 21.0 Å². The van der Waals surface area contributed by atoms with Gasteiger partial charge in [-0.1, -0.05) is 24.3 Å². The molecule has 0 unspecified atom stereocenters. The maximum atomic E-state index is 11.2. The van der Waals surface area contributed by atoms with Gasteiger partial charge in [-0.15, -0.1) is 11.3 Å². The summed E-state index contributed by atoms with van der Waals surface area (Å²) in [5.74, 6) is -0.896. The van der Waals surface area contributed by atoms with Gasteiger partial charge < -0.3 is 5.11 Å². The van der Waals surface area contributed by atoms with Crippen molar-refractivity contribution < 1.29 is 14.8 Å². The van der Waals surface area contributed by atoms with E-state index in [0.29, 0.717) is 17.5 Å². The Kier molecular flexibility index (Phi) is 5.09. The second kappa shape index (κ2) is 7.45. The number of carbonyl (C=O) groups is 1. The summed E-state index contributed by atoms with van der Waals surface area (Å²) in [6.07, 6.45) is 2.06. The van der Waals surface area contributed by atoms with Crippen LogP contribution in [0.4, 0.5) is 5.69 Å². The van der Waals surface area contributed by atoms with Gasteiger partial charge in [-0.2, -0.15) is 0 Å². The lowest BCUT2D eigenvalue weighted by molar-refractivity contribution is -0.385. The van der Waals surface area contributed by atoms with Crippen molar-refractivity contribution in [3.8, 4) is 0 Å². The van der Waals surface area contributed by atoms with E-state index in [0.717, 1.165) is 20.8 Å². The third-order valence-corrected chi connectivity index (χ3v) is 5.06. The maximum Gasteiger partial charge on any atom is 0.303 e. The second-order valence-corrected chi connectivity index (χ2v) is 6.88. The van der Waals surface area contributed by atoms with Gasteiger partial charge in [0.15, 0.2) is 0 Å². The Hall–Kier alpha value is -3.06. The second-order valence-electron chi connectivity index (χ2n) is 5.85. The van der Waals surface area contributed by atoms with Gasteiger partial charge in [-0.3, -0.25) is 14.9 Å². The van der Waals surface area contributed by atoms with Crippen LogP contribution in [0.2, 0.25) is 0 Å². The number of allylic oxidation sites excluding steroid dienone is 1. The predicted octanol–water partition coefficient (Wildman–Crippen LogP) is 4.92. The molecule has 0 atom stereocenters. The number of hydrogen-bond acceptors (Lipinski definition) is 5. The summed E-state index contributed by atoms with van der Waals surface area (Å²) in [5.41, 5.74) is 2.89. The predicted molar refractivity (Wildman–Crippen MR) is 102 cm³/mol. The molecule has 0 spiro atoms. The Morgan fingerprint density at radius 2 is 2.04 bits per heavy atom. The minimum atomic E-state index is -0.896. The molecule has 0 radical (unpaired) electrons. The summed E-state index contributed by atoms with van der Waals surface area (Å²) >= 11 is 1.48. The van der Waals surface area contributed by atoms with E-state index < -0.39 is 10.9 Å². The molecule has 0 bridgehead atoms. The summed E-state index contributed by atoms with van der Waals surface area (Å²) in [4.78, 5) is 26.3. The highest BCUT2D eigenvalue weighted by Gasteiger charge is 2.14. The zero-order valence-corrected chi connectivity index (χ0v) is 14.8. The fourth-order valence-corrected chi connectivity index (χ4v) is 3.62. The number of aromatic nitrogens is 1. The molecule has 1 N–H and O–H groups in total. The number of nitrogens with zero attached hydrogens (tertiary/aromatic N) is 2. The molecular weight excluding hydrogens is 352 g/mol. The number of carboxylic acids is 1. The summed E-state index contributed by atoms with van der Waals surface area (Å²) in [6.45, 7) is 1.69. The molecular formula is C19H16N2O4S. The smallest absolute Gasteiger partial charge is 0.303 e. The lowest BCUT2D eigenvalue weighted by atomic mass is 10.0. The van der Waals surface area contributed by atoms with Gasteiger partial charge in [0.1, 0.15) is 5.01 Å². The Morgan fingerprint density at radius 3 is 2.73 bits per heavy atom. The highest BCUT2D eigenvalue weighted by molar-refractivity contribution is 7.19. The van der Waals surface area contributed by atoms with E-state index in [1.54, 1.807) is 25.1 Å². The van der Waals surface area contributed by atoms with Crippen molar-refractivity contribution in [1.29, 1.82) is 0 Å². The quantitative estimate of drug-likeness (QED) is 0.492. The zero-order chi connectivity index (χ0) is 18.7. The van der Waals surface area contributed by atoms with Crippen LogP contribution in [0.25, 0.3) is 21.9 Å². The molecule has 0 amide bonds. The first-order valence-corrected chi connectivity index (χ1v) is 8.79. The van der Waals surface area contributed by atoms with Gasteiger partial charge in [0, 0.05) is 18.1 Å². The van der Waals surface area contributed by atoms with E-state index in [9.17, 15) is 14.9 Å². The van der Waals surface area contributed by atoms with Gasteiger partial charge in [0.25, 0.3) is 5.69 Å². The molecule has 3 aromatic rings. The minimum absolute atomic E-state index is 0.0320. The monoisotopic (exact) mass is 368 g/mol. The van der Waals surface area contributed by atoms with E-state index in [4.69, 9.17) is 5.11 Å². The van der Waals surface area contributed by atoms with E-state index in [1.807, 2.05) is 24.3 Å².